The molecule has 0 bridgehead atoms. The number of rotatable bonds is 37. The van der Waals surface area contributed by atoms with Gasteiger partial charge in [-0.1, -0.05) is 154 Å². The fourth-order valence-corrected chi connectivity index (χ4v) is 7.09. The van der Waals surface area contributed by atoms with Gasteiger partial charge in [0, 0.05) is 6.42 Å². The molecule has 0 radical (unpaired) electrons. The Morgan fingerprint density at radius 2 is 1.04 bits per heavy atom. The van der Waals surface area contributed by atoms with Crippen molar-refractivity contribution in [3.8, 4) is 0 Å². The van der Waals surface area contributed by atoms with Gasteiger partial charge in [-0.2, -0.15) is 0 Å². The number of carbonyl (C=O) groups excluding carboxylic acids is 1. The van der Waals surface area contributed by atoms with Crippen LogP contribution in [0.25, 0.3) is 0 Å². The summed E-state index contributed by atoms with van der Waals surface area (Å²) in [5.74, 6) is -0.157. The molecule has 1 fully saturated rings. The highest BCUT2D eigenvalue weighted by atomic mass is 16.7. The van der Waals surface area contributed by atoms with Gasteiger partial charge in [-0.25, -0.2) is 0 Å². The Hall–Kier alpha value is -1.33. The summed E-state index contributed by atoms with van der Waals surface area (Å²) in [6, 6.07) is -0.731. The van der Waals surface area contributed by atoms with Crippen molar-refractivity contribution in [1.82, 2.24) is 5.32 Å². The normalized spacial score (nSPS) is 21.6. The molecule has 9 heteroatoms. The van der Waals surface area contributed by atoms with Gasteiger partial charge in [0.2, 0.25) is 5.91 Å². The molecule has 0 aromatic rings. The number of allylic oxidation sites excluding steroid dienone is 4. The number of aliphatic hydroxyl groups excluding tert-OH is 5. The molecule has 318 valence electrons. The van der Waals surface area contributed by atoms with Crippen LogP contribution in [0.5, 0.6) is 0 Å². The lowest BCUT2D eigenvalue weighted by atomic mass is 9.99. The Labute approximate surface area is 330 Å². The fourth-order valence-electron chi connectivity index (χ4n) is 7.09. The zero-order chi connectivity index (χ0) is 39.5. The monoisotopic (exact) mass is 768 g/mol. The number of aliphatic hydroxyl groups is 5. The molecule has 1 amide bonds. The Balaban J connectivity index is 2.27. The van der Waals surface area contributed by atoms with Crippen LogP contribution in [0.15, 0.2) is 24.3 Å². The minimum Gasteiger partial charge on any atom is -0.394 e. The maximum atomic E-state index is 12.9. The van der Waals surface area contributed by atoms with E-state index < -0.39 is 49.5 Å². The van der Waals surface area contributed by atoms with Gasteiger partial charge in [-0.3, -0.25) is 4.79 Å². The van der Waals surface area contributed by atoms with Crippen LogP contribution in [0.4, 0.5) is 0 Å². The third-order valence-corrected chi connectivity index (χ3v) is 10.8. The van der Waals surface area contributed by atoms with Gasteiger partial charge in [0.15, 0.2) is 6.29 Å². The maximum absolute atomic E-state index is 12.9. The highest BCUT2D eigenvalue weighted by Crippen LogP contribution is 2.23. The van der Waals surface area contributed by atoms with Crippen LogP contribution in [0.3, 0.4) is 0 Å². The van der Waals surface area contributed by atoms with Crippen LogP contribution in [0.1, 0.15) is 200 Å². The fraction of sp³-hybridized carbons (Fsp3) is 0.889. The van der Waals surface area contributed by atoms with E-state index in [1.54, 1.807) is 0 Å². The Kier molecular flexibility index (Phi) is 33.8. The van der Waals surface area contributed by atoms with Gasteiger partial charge in [-0.05, 0) is 64.2 Å². The van der Waals surface area contributed by atoms with Crippen LogP contribution in [0.2, 0.25) is 0 Å². The number of hydrogen-bond donors (Lipinski definition) is 6. The van der Waals surface area contributed by atoms with Crippen molar-refractivity contribution in [2.45, 2.75) is 243 Å². The van der Waals surface area contributed by atoms with Gasteiger partial charge in [0.1, 0.15) is 24.4 Å². The minimum absolute atomic E-state index is 0.149. The van der Waals surface area contributed by atoms with Crippen LogP contribution >= 0.6 is 0 Å². The molecule has 0 spiro atoms. The first kappa shape index (κ1) is 50.7. The molecule has 0 aliphatic carbocycles. The van der Waals surface area contributed by atoms with Crippen molar-refractivity contribution in [2.24, 2.45) is 0 Å². The lowest BCUT2D eigenvalue weighted by molar-refractivity contribution is -0.302. The average molecular weight is 768 g/mol. The number of nitrogens with one attached hydrogen (secondary N) is 1. The maximum Gasteiger partial charge on any atom is 0.220 e. The summed E-state index contributed by atoms with van der Waals surface area (Å²) in [7, 11) is 0. The molecule has 1 heterocycles. The van der Waals surface area contributed by atoms with E-state index in [0.29, 0.717) is 12.8 Å². The van der Waals surface area contributed by atoms with Crippen molar-refractivity contribution in [2.75, 3.05) is 13.2 Å². The zero-order valence-corrected chi connectivity index (χ0v) is 34.7. The molecule has 9 nitrogen and oxygen atoms in total. The smallest absolute Gasteiger partial charge is 0.220 e. The summed E-state index contributed by atoms with van der Waals surface area (Å²) < 4.78 is 11.2. The second-order valence-corrected chi connectivity index (χ2v) is 15.8. The molecule has 1 aliphatic heterocycles. The molecule has 6 N–H and O–H groups in total. The summed E-state index contributed by atoms with van der Waals surface area (Å²) in [5, 5.41) is 54.1. The predicted molar refractivity (Wildman–Crippen MR) is 221 cm³/mol. The van der Waals surface area contributed by atoms with E-state index >= 15 is 0 Å². The Morgan fingerprint density at radius 3 is 1.52 bits per heavy atom. The van der Waals surface area contributed by atoms with Gasteiger partial charge < -0.3 is 40.3 Å². The number of ether oxygens (including phenoxy) is 2. The minimum atomic E-state index is -1.56. The Bertz CT molecular complexity index is 899. The number of carbonyl (C=O) groups is 1. The van der Waals surface area contributed by atoms with Crippen LogP contribution < -0.4 is 5.32 Å². The third-order valence-electron chi connectivity index (χ3n) is 10.8. The second-order valence-electron chi connectivity index (χ2n) is 15.8. The van der Waals surface area contributed by atoms with Crippen LogP contribution in [-0.4, -0.2) is 87.5 Å². The first-order valence-corrected chi connectivity index (χ1v) is 22.5. The number of unbranched alkanes of at least 4 members (excludes halogenated alkanes) is 23. The van der Waals surface area contributed by atoms with Crippen LogP contribution in [0, 0.1) is 0 Å². The topological polar surface area (TPSA) is 149 Å². The summed E-state index contributed by atoms with van der Waals surface area (Å²) in [4.78, 5) is 12.9. The molecule has 0 aromatic heterocycles. The van der Waals surface area contributed by atoms with Crippen molar-refractivity contribution in [3.05, 3.63) is 24.3 Å². The summed E-state index contributed by atoms with van der Waals surface area (Å²) in [6.45, 7) is 3.78. The largest absolute Gasteiger partial charge is 0.394 e. The van der Waals surface area contributed by atoms with Crippen molar-refractivity contribution < 1.29 is 39.8 Å². The van der Waals surface area contributed by atoms with E-state index in [1.807, 2.05) is 0 Å². The van der Waals surface area contributed by atoms with Crippen molar-refractivity contribution >= 4 is 5.91 Å². The third kappa shape index (κ3) is 26.5. The first-order valence-electron chi connectivity index (χ1n) is 22.5. The van der Waals surface area contributed by atoms with E-state index in [-0.39, 0.29) is 12.5 Å². The van der Waals surface area contributed by atoms with E-state index in [2.05, 4.69) is 43.5 Å². The zero-order valence-electron chi connectivity index (χ0n) is 34.7. The first-order chi connectivity index (χ1) is 26.3. The predicted octanol–water partition coefficient (Wildman–Crippen LogP) is 9.11. The standard InChI is InChI=1S/C45H85NO8/c1-3-5-7-9-11-13-15-16-17-18-19-20-21-22-23-24-25-27-29-31-33-35-41(49)46-38(37-53-45-44(52)43(51)42(50)40(36-47)54-45)39(48)34-32-30-28-26-14-12-10-8-6-4-2/h14,16-17,26,38-40,42-45,47-48,50-52H,3-13,15,18-25,27-37H2,1-2H3,(H,46,49)/b17-16+,26-14+/t38-,39+,40-,42-,43?,44?,45-/m0/s1. The molecule has 0 aromatic carbocycles. The molecule has 2 unspecified atom stereocenters. The summed E-state index contributed by atoms with van der Waals surface area (Å²) in [5.41, 5.74) is 0. The highest BCUT2D eigenvalue weighted by molar-refractivity contribution is 5.76. The molecular formula is C45H85NO8. The van der Waals surface area contributed by atoms with Gasteiger partial charge >= 0.3 is 0 Å². The Morgan fingerprint density at radius 1 is 0.611 bits per heavy atom. The lowest BCUT2D eigenvalue weighted by Gasteiger charge is -2.40. The summed E-state index contributed by atoms with van der Waals surface area (Å²) >= 11 is 0. The molecule has 1 saturated heterocycles. The van der Waals surface area contributed by atoms with E-state index in [4.69, 9.17) is 9.47 Å². The molecule has 1 rings (SSSR count). The molecule has 54 heavy (non-hydrogen) atoms. The molecule has 7 atom stereocenters. The quantitative estimate of drug-likeness (QED) is 0.0271. The average Bonchev–Trinajstić information content (AvgIpc) is 3.17. The number of hydrogen-bond acceptors (Lipinski definition) is 8. The molecular weight excluding hydrogens is 682 g/mol. The van der Waals surface area contributed by atoms with Crippen molar-refractivity contribution in [3.63, 3.8) is 0 Å². The van der Waals surface area contributed by atoms with E-state index in [0.717, 1.165) is 44.9 Å². The van der Waals surface area contributed by atoms with Gasteiger partial charge in [-0.15, -0.1) is 0 Å². The van der Waals surface area contributed by atoms with E-state index in [9.17, 15) is 30.3 Å². The van der Waals surface area contributed by atoms with Crippen LogP contribution in [-0.2, 0) is 14.3 Å². The van der Waals surface area contributed by atoms with Gasteiger partial charge in [0.25, 0.3) is 0 Å². The van der Waals surface area contributed by atoms with Crippen molar-refractivity contribution in [1.29, 1.82) is 0 Å². The summed E-state index contributed by atoms with van der Waals surface area (Å²) in [6.07, 6.45) is 34.8. The lowest BCUT2D eigenvalue weighted by Crippen LogP contribution is -2.60. The molecule has 1 aliphatic rings. The number of amides is 1. The van der Waals surface area contributed by atoms with Gasteiger partial charge in [0.05, 0.1) is 25.4 Å². The SMILES string of the molecule is CCCCCC/C=C/CCCC[C@@H](O)[C@H](CO[C@H]1O[C@@H](CO)[C@H](O)C(O)C1O)NC(=O)CCCCCCCCCCCCC/C=C/CCCCCCCC. The molecule has 0 saturated carbocycles. The van der Waals surface area contributed by atoms with E-state index in [1.165, 1.54) is 128 Å². The second kappa shape index (κ2) is 36.0. The highest BCUT2D eigenvalue weighted by Gasteiger charge is 2.44.